The first-order valence-electron chi connectivity index (χ1n) is 14.1. The number of rotatable bonds is 5. The lowest BCUT2D eigenvalue weighted by Crippen LogP contribution is -2.28. The zero-order valence-corrected chi connectivity index (χ0v) is 24.3. The highest BCUT2D eigenvalue weighted by molar-refractivity contribution is 5.80. The van der Waals surface area contributed by atoms with Gasteiger partial charge < -0.3 is 9.47 Å². The third kappa shape index (κ3) is 4.96. The molecular formula is C33H31F6NO3. The lowest BCUT2D eigenvalue weighted by atomic mass is 9.84. The van der Waals surface area contributed by atoms with Gasteiger partial charge in [-0.25, -0.2) is 18.2 Å². The second-order valence-electron chi connectivity index (χ2n) is 13.4. The quantitative estimate of drug-likeness (QED) is 0.217. The molecule has 0 spiro atoms. The Morgan fingerprint density at radius 1 is 1.00 bits per heavy atom. The molecule has 1 aromatic heterocycles. The minimum Gasteiger partial charge on any atom is -0.473 e. The van der Waals surface area contributed by atoms with Gasteiger partial charge >= 0.3 is 12.1 Å². The number of carbonyl (C=O) groups is 1. The van der Waals surface area contributed by atoms with E-state index in [1.165, 1.54) is 30.5 Å². The van der Waals surface area contributed by atoms with Gasteiger partial charge in [-0.15, -0.1) is 0 Å². The van der Waals surface area contributed by atoms with Crippen LogP contribution in [0.4, 0.5) is 26.3 Å². The average molecular weight is 604 g/mol. The second kappa shape index (κ2) is 9.47. The second-order valence-corrected chi connectivity index (χ2v) is 13.4. The van der Waals surface area contributed by atoms with E-state index in [9.17, 15) is 18.0 Å². The van der Waals surface area contributed by atoms with Crippen LogP contribution in [0.1, 0.15) is 91.8 Å². The Kier molecular flexibility index (Phi) is 6.50. The summed E-state index contributed by atoms with van der Waals surface area (Å²) in [5, 5.41) is 0. The van der Waals surface area contributed by atoms with Gasteiger partial charge in [-0.1, -0.05) is 32.0 Å². The average Bonchev–Trinajstić information content (AvgIpc) is 3.55. The standard InChI is InChI=1S/C33H31F6NO3/c1-30(2,3)43-29(41)27-26-20-14-40-25(12-23(20)32(35,36)28(26)27)42-15-16-10-18-19(13-31(4,5)22(18)11-24(16)34)17-8-6-7-9-21(17)33(37,38)39/h6-12,14,19,26-28H,13,15H2,1-5H3/t19-,26+,27+,28+/m0/s1. The van der Waals surface area contributed by atoms with Crippen LogP contribution in [0.25, 0.3) is 0 Å². The van der Waals surface area contributed by atoms with E-state index in [1.54, 1.807) is 26.8 Å². The van der Waals surface area contributed by atoms with Gasteiger partial charge in [0.2, 0.25) is 5.88 Å². The van der Waals surface area contributed by atoms with Gasteiger partial charge in [0.15, 0.2) is 0 Å². The number of alkyl halides is 5. The fourth-order valence-electron chi connectivity index (χ4n) is 6.91. The van der Waals surface area contributed by atoms with Crippen LogP contribution in [0.2, 0.25) is 0 Å². The summed E-state index contributed by atoms with van der Waals surface area (Å²) >= 11 is 0. The Labute approximate surface area is 245 Å². The monoisotopic (exact) mass is 603 g/mol. The van der Waals surface area contributed by atoms with E-state index < -0.39 is 64.1 Å². The largest absolute Gasteiger partial charge is 0.473 e. The van der Waals surface area contributed by atoms with E-state index in [4.69, 9.17) is 9.47 Å². The van der Waals surface area contributed by atoms with Crippen LogP contribution in [-0.4, -0.2) is 16.6 Å². The minimum atomic E-state index is -4.55. The number of ether oxygens (including phenoxy) is 2. The first-order valence-corrected chi connectivity index (χ1v) is 14.1. The molecule has 10 heteroatoms. The summed E-state index contributed by atoms with van der Waals surface area (Å²) in [6.07, 6.45) is -2.93. The van der Waals surface area contributed by atoms with Crippen LogP contribution in [0.5, 0.6) is 5.88 Å². The first-order chi connectivity index (χ1) is 19.9. The molecule has 43 heavy (non-hydrogen) atoms. The van der Waals surface area contributed by atoms with E-state index in [2.05, 4.69) is 4.98 Å². The molecule has 2 aromatic carbocycles. The minimum absolute atomic E-state index is 0.0767. The van der Waals surface area contributed by atoms with Gasteiger partial charge in [-0.3, -0.25) is 4.79 Å². The van der Waals surface area contributed by atoms with Crippen molar-refractivity contribution in [3.05, 3.63) is 93.4 Å². The molecule has 0 amide bonds. The van der Waals surface area contributed by atoms with Gasteiger partial charge in [0.1, 0.15) is 18.0 Å². The van der Waals surface area contributed by atoms with Crippen molar-refractivity contribution in [3.63, 3.8) is 0 Å². The van der Waals surface area contributed by atoms with E-state index >= 15 is 13.2 Å². The van der Waals surface area contributed by atoms with E-state index in [0.29, 0.717) is 17.5 Å². The summed E-state index contributed by atoms with van der Waals surface area (Å²) in [5.41, 5.74) is -0.757. The Morgan fingerprint density at radius 2 is 1.70 bits per heavy atom. The van der Waals surface area contributed by atoms with Crippen LogP contribution in [0, 0.1) is 17.7 Å². The lowest BCUT2D eigenvalue weighted by molar-refractivity contribution is -0.159. The normalized spacial score (nSPS) is 24.6. The summed E-state index contributed by atoms with van der Waals surface area (Å²) < 4.78 is 98.5. The number of esters is 1. The summed E-state index contributed by atoms with van der Waals surface area (Å²) in [4.78, 5) is 16.6. The SMILES string of the molecule is CC(C)(C)OC(=O)[C@@H]1[C@H]2c3cnc(OCc4cc5c(cc4F)C(C)(C)C[C@H]5c4ccccc4C(F)(F)F)cc3C(F)(F)[C@@H]12. The van der Waals surface area contributed by atoms with E-state index in [1.807, 2.05) is 13.8 Å². The van der Waals surface area contributed by atoms with E-state index in [0.717, 1.165) is 12.1 Å². The number of aromatic nitrogens is 1. The number of carbonyl (C=O) groups excluding carboxylic acids is 1. The van der Waals surface area contributed by atoms with Crippen molar-refractivity contribution in [1.82, 2.24) is 4.98 Å². The van der Waals surface area contributed by atoms with Crippen LogP contribution in [0.15, 0.2) is 48.7 Å². The zero-order valence-electron chi connectivity index (χ0n) is 24.3. The molecule has 0 unspecified atom stereocenters. The molecule has 0 bridgehead atoms. The third-order valence-corrected chi connectivity index (χ3v) is 8.80. The van der Waals surface area contributed by atoms with Crippen molar-refractivity contribution < 1.29 is 40.6 Å². The number of halogens is 6. The molecule has 0 aliphatic heterocycles. The van der Waals surface area contributed by atoms with Crippen molar-refractivity contribution in [2.45, 2.75) is 82.6 Å². The maximum absolute atomic E-state index is 15.3. The molecule has 0 saturated heterocycles. The number of nitrogens with zero attached hydrogens (tertiary/aromatic N) is 1. The highest BCUT2D eigenvalue weighted by Crippen LogP contribution is 2.71. The maximum atomic E-state index is 15.3. The smallest absolute Gasteiger partial charge is 0.416 e. The Bertz CT molecular complexity index is 1620. The molecule has 1 fully saturated rings. The van der Waals surface area contributed by atoms with Crippen LogP contribution < -0.4 is 4.74 Å². The molecule has 1 heterocycles. The van der Waals surface area contributed by atoms with Gasteiger partial charge in [0, 0.05) is 41.1 Å². The molecule has 6 rings (SSSR count). The Hall–Kier alpha value is -3.56. The van der Waals surface area contributed by atoms with Crippen molar-refractivity contribution in [1.29, 1.82) is 0 Å². The van der Waals surface area contributed by atoms with Gasteiger partial charge in [0.25, 0.3) is 5.92 Å². The first kappa shape index (κ1) is 29.5. The van der Waals surface area contributed by atoms with Gasteiger partial charge in [-0.05, 0) is 73.1 Å². The van der Waals surface area contributed by atoms with Gasteiger partial charge in [-0.2, -0.15) is 13.2 Å². The molecule has 0 radical (unpaired) electrons. The number of fused-ring (bicyclic) bond motifs is 4. The molecule has 0 N–H and O–H groups in total. The highest BCUT2D eigenvalue weighted by Gasteiger charge is 2.74. The Morgan fingerprint density at radius 3 is 2.37 bits per heavy atom. The van der Waals surface area contributed by atoms with Crippen molar-refractivity contribution in [2.75, 3.05) is 0 Å². The molecule has 3 aromatic rings. The third-order valence-electron chi connectivity index (χ3n) is 8.80. The predicted octanol–water partition coefficient (Wildman–Crippen LogP) is 8.41. The number of hydrogen-bond acceptors (Lipinski definition) is 4. The van der Waals surface area contributed by atoms with Gasteiger partial charge in [0.05, 0.1) is 11.5 Å². The predicted molar refractivity (Wildman–Crippen MR) is 145 cm³/mol. The molecular weight excluding hydrogens is 572 g/mol. The van der Waals surface area contributed by atoms with E-state index in [-0.39, 0.29) is 34.7 Å². The van der Waals surface area contributed by atoms with Crippen LogP contribution in [-0.2, 0) is 33.7 Å². The fraction of sp³-hybridized carbons (Fsp3) is 0.455. The molecule has 4 atom stereocenters. The maximum Gasteiger partial charge on any atom is 0.416 e. The lowest BCUT2D eigenvalue weighted by Gasteiger charge is -2.22. The molecule has 3 aliphatic carbocycles. The number of hydrogen-bond donors (Lipinski definition) is 0. The molecule has 4 nitrogen and oxygen atoms in total. The highest BCUT2D eigenvalue weighted by atomic mass is 19.4. The summed E-state index contributed by atoms with van der Waals surface area (Å²) in [6.45, 7) is 8.39. The molecule has 228 valence electrons. The summed E-state index contributed by atoms with van der Waals surface area (Å²) in [7, 11) is 0. The zero-order chi connectivity index (χ0) is 31.3. The fourth-order valence-corrected chi connectivity index (χ4v) is 6.91. The van der Waals surface area contributed by atoms with Crippen molar-refractivity contribution >= 4 is 5.97 Å². The number of pyridine rings is 1. The number of benzene rings is 2. The summed E-state index contributed by atoms with van der Waals surface area (Å²) in [5.74, 6) is -8.21. The van der Waals surface area contributed by atoms with Crippen molar-refractivity contribution in [3.8, 4) is 5.88 Å². The molecule has 3 aliphatic rings. The Balaban J connectivity index is 1.25. The summed E-state index contributed by atoms with van der Waals surface area (Å²) in [6, 6.07) is 9.35. The van der Waals surface area contributed by atoms with Crippen molar-refractivity contribution in [2.24, 2.45) is 11.8 Å². The van der Waals surface area contributed by atoms with Crippen LogP contribution in [0.3, 0.4) is 0 Å². The topological polar surface area (TPSA) is 48.4 Å². The van der Waals surface area contributed by atoms with Crippen LogP contribution >= 0.6 is 0 Å². The molecule has 1 saturated carbocycles.